The topological polar surface area (TPSA) is 65.0 Å². The van der Waals surface area contributed by atoms with E-state index in [1.54, 1.807) is 13.2 Å². The van der Waals surface area contributed by atoms with Crippen LogP contribution in [0.2, 0.25) is 0 Å². The molecule has 0 spiro atoms. The first kappa shape index (κ1) is 18.4. The van der Waals surface area contributed by atoms with Crippen LogP contribution in [0.25, 0.3) is 0 Å². The molecule has 0 aliphatic heterocycles. The van der Waals surface area contributed by atoms with Crippen molar-refractivity contribution in [2.75, 3.05) is 27.4 Å². The van der Waals surface area contributed by atoms with Crippen LogP contribution in [0.5, 0.6) is 5.75 Å². The molecule has 0 aliphatic carbocycles. The molecule has 0 aromatic heterocycles. The van der Waals surface area contributed by atoms with Gasteiger partial charge in [0.1, 0.15) is 11.3 Å². The number of aromatic carboxylic acids is 1. The summed E-state index contributed by atoms with van der Waals surface area (Å²) in [5, 5.41) is 9.11. The summed E-state index contributed by atoms with van der Waals surface area (Å²) < 4.78 is 15.4. The Morgan fingerprint density at radius 1 is 1.20 bits per heavy atom. The summed E-state index contributed by atoms with van der Waals surface area (Å²) in [6, 6.07) is 3.44. The number of methoxy groups -OCH3 is 2. The summed E-state index contributed by atoms with van der Waals surface area (Å²) >= 11 is 0. The van der Waals surface area contributed by atoms with Crippen LogP contribution < -0.4 is 4.74 Å². The average Bonchev–Trinajstić information content (AvgIpc) is 2.45. The van der Waals surface area contributed by atoms with Crippen LogP contribution in [-0.4, -0.2) is 38.5 Å². The van der Waals surface area contributed by atoms with Crippen molar-refractivity contribution >= 4 is 5.97 Å². The SMILES string of the molecule is CC.COCCOCc1cc(C)cc(C(=O)O)c1OC. The molecule has 0 unspecified atom stereocenters. The van der Waals surface area contributed by atoms with Crippen molar-refractivity contribution in [3.05, 3.63) is 28.8 Å². The highest BCUT2D eigenvalue weighted by Crippen LogP contribution is 2.26. The molecule has 0 amide bonds. The fraction of sp³-hybridized carbons (Fsp3) is 0.533. The maximum absolute atomic E-state index is 11.1. The Hall–Kier alpha value is -1.59. The number of aryl methyl sites for hydroxylation is 1. The molecular weight excluding hydrogens is 260 g/mol. The monoisotopic (exact) mass is 284 g/mol. The molecule has 0 saturated heterocycles. The van der Waals surface area contributed by atoms with Gasteiger partial charge in [0.2, 0.25) is 0 Å². The first-order chi connectivity index (χ1) is 9.60. The number of hydrogen-bond donors (Lipinski definition) is 1. The summed E-state index contributed by atoms with van der Waals surface area (Å²) in [5.41, 5.74) is 1.74. The Morgan fingerprint density at radius 3 is 2.35 bits per heavy atom. The van der Waals surface area contributed by atoms with Crippen LogP contribution in [0.1, 0.15) is 35.3 Å². The summed E-state index contributed by atoms with van der Waals surface area (Å²) in [6.45, 7) is 7.09. The van der Waals surface area contributed by atoms with Crippen LogP contribution in [0.4, 0.5) is 0 Å². The third-order valence-electron chi connectivity index (χ3n) is 2.43. The molecule has 1 aromatic rings. The van der Waals surface area contributed by atoms with E-state index in [1.165, 1.54) is 7.11 Å². The van der Waals surface area contributed by atoms with E-state index >= 15 is 0 Å². The quantitative estimate of drug-likeness (QED) is 0.780. The lowest BCUT2D eigenvalue weighted by Gasteiger charge is -2.13. The molecule has 0 atom stereocenters. The van der Waals surface area contributed by atoms with Crippen LogP contribution in [0, 0.1) is 6.92 Å². The van der Waals surface area contributed by atoms with E-state index in [0.29, 0.717) is 25.6 Å². The average molecular weight is 284 g/mol. The molecule has 20 heavy (non-hydrogen) atoms. The van der Waals surface area contributed by atoms with Gasteiger partial charge in [-0.2, -0.15) is 0 Å². The maximum atomic E-state index is 11.1. The van der Waals surface area contributed by atoms with Gasteiger partial charge in [0, 0.05) is 12.7 Å². The molecule has 0 aliphatic rings. The molecule has 1 N–H and O–H groups in total. The summed E-state index contributed by atoms with van der Waals surface area (Å²) in [4.78, 5) is 11.1. The second kappa shape index (κ2) is 10.2. The van der Waals surface area contributed by atoms with Crippen LogP contribution in [-0.2, 0) is 16.1 Å². The van der Waals surface area contributed by atoms with Gasteiger partial charge in [-0.05, 0) is 18.6 Å². The van der Waals surface area contributed by atoms with Crippen LogP contribution in [0.15, 0.2) is 12.1 Å². The molecule has 0 saturated carbocycles. The largest absolute Gasteiger partial charge is 0.495 e. The molecule has 1 aromatic carbocycles. The van der Waals surface area contributed by atoms with Gasteiger partial charge in [0.15, 0.2) is 0 Å². The van der Waals surface area contributed by atoms with Gasteiger partial charge in [-0.15, -0.1) is 0 Å². The highest BCUT2D eigenvalue weighted by Gasteiger charge is 2.16. The van der Waals surface area contributed by atoms with E-state index in [9.17, 15) is 4.79 Å². The van der Waals surface area contributed by atoms with Gasteiger partial charge < -0.3 is 19.3 Å². The van der Waals surface area contributed by atoms with Crippen molar-refractivity contribution in [2.24, 2.45) is 0 Å². The van der Waals surface area contributed by atoms with Gasteiger partial charge in [-0.3, -0.25) is 0 Å². The highest BCUT2D eigenvalue weighted by atomic mass is 16.5. The van der Waals surface area contributed by atoms with Crippen molar-refractivity contribution < 1.29 is 24.1 Å². The predicted octanol–water partition coefficient (Wildman–Crippen LogP) is 2.89. The fourth-order valence-electron chi connectivity index (χ4n) is 1.68. The van der Waals surface area contributed by atoms with Crippen molar-refractivity contribution in [2.45, 2.75) is 27.4 Å². The molecular formula is C15H24O5. The summed E-state index contributed by atoms with van der Waals surface area (Å²) in [5.74, 6) is -0.654. The second-order valence-electron chi connectivity index (χ2n) is 3.86. The van der Waals surface area contributed by atoms with E-state index in [4.69, 9.17) is 19.3 Å². The number of carboxylic acid groups (broad SMARTS) is 1. The Balaban J connectivity index is 0.00000172. The number of benzene rings is 1. The minimum atomic E-state index is -1.01. The molecule has 0 fully saturated rings. The zero-order chi connectivity index (χ0) is 15.5. The number of hydrogen-bond acceptors (Lipinski definition) is 4. The number of carbonyl (C=O) groups is 1. The summed E-state index contributed by atoms with van der Waals surface area (Å²) in [6.07, 6.45) is 0. The van der Waals surface area contributed by atoms with E-state index < -0.39 is 5.97 Å². The van der Waals surface area contributed by atoms with Gasteiger partial charge in [0.05, 0.1) is 26.9 Å². The van der Waals surface area contributed by atoms with E-state index in [-0.39, 0.29) is 5.56 Å². The van der Waals surface area contributed by atoms with Crippen LogP contribution >= 0.6 is 0 Å². The lowest BCUT2D eigenvalue weighted by atomic mass is 10.0. The van der Waals surface area contributed by atoms with Crippen LogP contribution in [0.3, 0.4) is 0 Å². The Labute approximate surface area is 120 Å². The minimum Gasteiger partial charge on any atom is -0.495 e. The first-order valence-corrected chi connectivity index (χ1v) is 6.57. The molecule has 0 bridgehead atoms. The maximum Gasteiger partial charge on any atom is 0.339 e. The van der Waals surface area contributed by atoms with Crippen molar-refractivity contribution in [3.8, 4) is 5.75 Å². The van der Waals surface area contributed by atoms with E-state index in [0.717, 1.165) is 11.1 Å². The zero-order valence-corrected chi connectivity index (χ0v) is 12.9. The van der Waals surface area contributed by atoms with Crippen molar-refractivity contribution in [1.29, 1.82) is 0 Å². The molecule has 0 radical (unpaired) electrons. The van der Waals surface area contributed by atoms with Crippen molar-refractivity contribution in [3.63, 3.8) is 0 Å². The van der Waals surface area contributed by atoms with E-state index in [1.807, 2.05) is 26.8 Å². The van der Waals surface area contributed by atoms with Gasteiger partial charge in [0.25, 0.3) is 0 Å². The molecule has 1 rings (SSSR count). The highest BCUT2D eigenvalue weighted by molar-refractivity contribution is 5.91. The number of carboxylic acids is 1. The molecule has 0 heterocycles. The normalized spacial score (nSPS) is 9.65. The third-order valence-corrected chi connectivity index (χ3v) is 2.43. The second-order valence-corrected chi connectivity index (χ2v) is 3.86. The van der Waals surface area contributed by atoms with Crippen molar-refractivity contribution in [1.82, 2.24) is 0 Å². The van der Waals surface area contributed by atoms with Gasteiger partial charge in [-0.25, -0.2) is 4.79 Å². The summed E-state index contributed by atoms with van der Waals surface area (Å²) in [7, 11) is 3.05. The molecule has 5 heteroatoms. The number of ether oxygens (including phenoxy) is 3. The van der Waals surface area contributed by atoms with E-state index in [2.05, 4.69) is 0 Å². The smallest absolute Gasteiger partial charge is 0.339 e. The van der Waals surface area contributed by atoms with Gasteiger partial charge in [-0.1, -0.05) is 19.9 Å². The lowest BCUT2D eigenvalue weighted by Crippen LogP contribution is -2.07. The van der Waals surface area contributed by atoms with Gasteiger partial charge >= 0.3 is 5.97 Å². The Kier molecular flexibility index (Phi) is 9.41. The Bertz CT molecular complexity index is 415. The molecule has 5 nitrogen and oxygen atoms in total. The minimum absolute atomic E-state index is 0.155. The predicted molar refractivity (Wildman–Crippen MR) is 77.6 cm³/mol. The molecule has 114 valence electrons. The fourth-order valence-corrected chi connectivity index (χ4v) is 1.68. The third kappa shape index (κ3) is 5.59. The standard InChI is InChI=1S/C13H18O5.C2H6/c1-9-6-10(8-18-5-4-16-2)12(17-3)11(7-9)13(14)15;1-2/h6-7H,4-5,8H2,1-3H3,(H,14,15);1-2H3. The number of rotatable bonds is 7. The zero-order valence-electron chi connectivity index (χ0n) is 12.9. The first-order valence-electron chi connectivity index (χ1n) is 6.57. The Morgan fingerprint density at radius 2 is 1.85 bits per heavy atom. The lowest BCUT2D eigenvalue weighted by molar-refractivity contribution is 0.0603.